The van der Waals surface area contributed by atoms with Crippen LogP contribution in [-0.2, 0) is 9.47 Å². The van der Waals surface area contributed by atoms with Gasteiger partial charge in [-0.1, -0.05) is 33.1 Å². The summed E-state index contributed by atoms with van der Waals surface area (Å²) in [5.74, 6) is -1.31. The molecule has 3 aliphatic rings. The van der Waals surface area contributed by atoms with Crippen LogP contribution in [0.2, 0.25) is 0 Å². The van der Waals surface area contributed by atoms with Crippen molar-refractivity contribution in [2.45, 2.75) is 70.7 Å². The molecule has 1 N–H and O–H groups in total. The van der Waals surface area contributed by atoms with E-state index in [1.165, 1.54) is 0 Å². The Morgan fingerprint density at radius 3 is 2.48 bits per heavy atom. The van der Waals surface area contributed by atoms with Gasteiger partial charge in [0.2, 0.25) is 11.7 Å². The van der Waals surface area contributed by atoms with Crippen molar-refractivity contribution in [3.05, 3.63) is 0 Å². The fourth-order valence-corrected chi connectivity index (χ4v) is 5.05. The Morgan fingerprint density at radius 2 is 1.92 bits per heavy atom. The zero-order chi connectivity index (χ0) is 18.3. The van der Waals surface area contributed by atoms with Gasteiger partial charge in [-0.15, -0.1) is 0 Å². The lowest BCUT2D eigenvalue weighted by atomic mass is 9.51. The molecule has 2 saturated heterocycles. The van der Waals surface area contributed by atoms with Crippen molar-refractivity contribution in [1.82, 2.24) is 0 Å². The largest absolute Gasteiger partial charge is 0.447 e. The summed E-state index contributed by atoms with van der Waals surface area (Å²) in [4.78, 5) is 0. The molecule has 1 aliphatic carbocycles. The lowest BCUT2D eigenvalue weighted by molar-refractivity contribution is -0.297. The number of nitrogens with one attached hydrogen (secondary N) is 1. The van der Waals surface area contributed by atoms with E-state index in [0.717, 1.165) is 25.7 Å². The molecule has 132 valence electrons. The standard InChI is InChI=1S/C19H24N4O2/c1-3-5-6-15-17(10-20,11-21)18(12-22)14-9-13(4-2)7-8-19(14,24-15)25-16(18)23/h13-15,23H,3-9H2,1-2H3. The van der Waals surface area contributed by atoms with Crippen molar-refractivity contribution in [3.8, 4) is 18.2 Å². The fourth-order valence-electron chi connectivity index (χ4n) is 5.05. The normalized spacial score (nSPS) is 40.9. The number of ether oxygens (including phenoxy) is 2. The second-order valence-electron chi connectivity index (χ2n) is 7.54. The van der Waals surface area contributed by atoms with Crippen LogP contribution in [0.3, 0.4) is 0 Å². The molecule has 2 aliphatic heterocycles. The first-order valence-corrected chi connectivity index (χ1v) is 9.19. The molecule has 6 nitrogen and oxygen atoms in total. The molecule has 5 unspecified atom stereocenters. The van der Waals surface area contributed by atoms with Gasteiger partial charge in [-0.3, -0.25) is 5.41 Å². The van der Waals surface area contributed by atoms with Crippen LogP contribution in [0.1, 0.15) is 58.8 Å². The highest BCUT2D eigenvalue weighted by atomic mass is 16.7. The van der Waals surface area contributed by atoms with Crippen LogP contribution < -0.4 is 0 Å². The minimum atomic E-state index is -1.70. The van der Waals surface area contributed by atoms with Crippen LogP contribution >= 0.6 is 0 Å². The molecule has 2 heterocycles. The summed E-state index contributed by atoms with van der Waals surface area (Å²) in [7, 11) is 0. The first-order valence-electron chi connectivity index (χ1n) is 9.19. The van der Waals surface area contributed by atoms with Crippen LogP contribution in [0.25, 0.3) is 0 Å². The van der Waals surface area contributed by atoms with E-state index in [1.807, 2.05) is 6.92 Å². The molecular weight excluding hydrogens is 316 g/mol. The summed E-state index contributed by atoms with van der Waals surface area (Å²) >= 11 is 0. The molecule has 5 atom stereocenters. The number of nitriles is 3. The van der Waals surface area contributed by atoms with Gasteiger partial charge in [0.25, 0.3) is 0 Å². The minimum Gasteiger partial charge on any atom is -0.447 e. The van der Waals surface area contributed by atoms with E-state index in [9.17, 15) is 15.8 Å². The van der Waals surface area contributed by atoms with Crippen LogP contribution in [-0.4, -0.2) is 17.8 Å². The highest BCUT2D eigenvalue weighted by Crippen LogP contribution is 2.67. The molecule has 1 saturated carbocycles. The zero-order valence-corrected chi connectivity index (χ0v) is 14.8. The van der Waals surface area contributed by atoms with Gasteiger partial charge in [0.15, 0.2) is 10.8 Å². The molecule has 0 amide bonds. The van der Waals surface area contributed by atoms with Gasteiger partial charge in [-0.25, -0.2) is 0 Å². The fraction of sp³-hybridized carbons (Fsp3) is 0.789. The zero-order valence-electron chi connectivity index (χ0n) is 14.8. The van der Waals surface area contributed by atoms with Gasteiger partial charge >= 0.3 is 0 Å². The first kappa shape index (κ1) is 17.7. The van der Waals surface area contributed by atoms with Gasteiger partial charge in [-0.05, 0) is 25.2 Å². The maximum absolute atomic E-state index is 10.1. The number of rotatable bonds is 4. The second-order valence-corrected chi connectivity index (χ2v) is 7.54. The Labute approximate surface area is 148 Å². The molecule has 3 fully saturated rings. The minimum absolute atomic E-state index is 0.251. The summed E-state index contributed by atoms with van der Waals surface area (Å²) < 4.78 is 12.2. The van der Waals surface area contributed by atoms with E-state index < -0.39 is 28.6 Å². The topological polar surface area (TPSA) is 114 Å². The second kappa shape index (κ2) is 6.01. The highest BCUT2D eigenvalue weighted by molar-refractivity contribution is 5.89. The van der Waals surface area contributed by atoms with Crippen molar-refractivity contribution in [1.29, 1.82) is 21.2 Å². The van der Waals surface area contributed by atoms with E-state index in [2.05, 4.69) is 25.1 Å². The summed E-state index contributed by atoms with van der Waals surface area (Å²) in [5.41, 5.74) is -3.24. The number of unbranched alkanes of at least 4 members (excludes halogenated alkanes) is 1. The SMILES string of the molecule is CCCCC1OC23CCC(CC)CC2C(C#N)(C(=N)O3)C1(C#N)C#N. The predicted molar refractivity (Wildman–Crippen MR) is 88.8 cm³/mol. The summed E-state index contributed by atoms with van der Waals surface area (Å²) in [6.07, 6.45) is 4.64. The molecule has 0 spiro atoms. The lowest BCUT2D eigenvalue weighted by Crippen LogP contribution is -2.64. The van der Waals surface area contributed by atoms with Gasteiger partial charge in [0, 0.05) is 6.42 Å². The van der Waals surface area contributed by atoms with Crippen molar-refractivity contribution in [3.63, 3.8) is 0 Å². The molecular formula is C19H24N4O2. The van der Waals surface area contributed by atoms with Crippen LogP contribution in [0.4, 0.5) is 0 Å². The van der Waals surface area contributed by atoms with E-state index in [4.69, 9.17) is 14.9 Å². The molecule has 6 heteroatoms. The van der Waals surface area contributed by atoms with E-state index in [-0.39, 0.29) is 5.90 Å². The van der Waals surface area contributed by atoms with Gasteiger partial charge in [0.05, 0.1) is 30.2 Å². The number of hydrogen-bond acceptors (Lipinski definition) is 6. The summed E-state index contributed by atoms with van der Waals surface area (Å²) in [5, 5.41) is 38.6. The van der Waals surface area contributed by atoms with E-state index in [0.29, 0.717) is 25.2 Å². The van der Waals surface area contributed by atoms with Crippen molar-refractivity contribution >= 4 is 5.90 Å². The smallest absolute Gasteiger partial charge is 0.217 e. The summed E-state index contributed by atoms with van der Waals surface area (Å²) in [6, 6.07) is 6.44. The summed E-state index contributed by atoms with van der Waals surface area (Å²) in [6.45, 7) is 4.13. The average molecular weight is 340 g/mol. The van der Waals surface area contributed by atoms with E-state index in [1.54, 1.807) is 0 Å². The Balaban J connectivity index is 2.17. The average Bonchev–Trinajstić information content (AvgIpc) is 2.84. The van der Waals surface area contributed by atoms with Crippen LogP contribution in [0.5, 0.6) is 0 Å². The molecule has 0 radical (unpaired) electrons. The maximum Gasteiger partial charge on any atom is 0.217 e. The Bertz CT molecular complexity index is 686. The maximum atomic E-state index is 10.1. The van der Waals surface area contributed by atoms with Crippen molar-refractivity contribution < 1.29 is 9.47 Å². The third-order valence-electron chi connectivity index (χ3n) is 6.53. The van der Waals surface area contributed by atoms with Gasteiger partial charge in [-0.2, -0.15) is 15.8 Å². The third kappa shape index (κ3) is 2.00. The van der Waals surface area contributed by atoms with Crippen molar-refractivity contribution in [2.75, 3.05) is 0 Å². The molecule has 25 heavy (non-hydrogen) atoms. The van der Waals surface area contributed by atoms with Gasteiger partial charge in [0.1, 0.15) is 0 Å². The highest BCUT2D eigenvalue weighted by Gasteiger charge is 2.80. The first-order chi connectivity index (χ1) is 12.0. The Morgan fingerprint density at radius 1 is 1.20 bits per heavy atom. The van der Waals surface area contributed by atoms with Crippen molar-refractivity contribution in [2.24, 2.45) is 22.7 Å². The van der Waals surface area contributed by atoms with Crippen LogP contribution in [0, 0.1) is 62.1 Å². The predicted octanol–water partition coefficient (Wildman–Crippen LogP) is 3.65. The monoisotopic (exact) mass is 340 g/mol. The van der Waals surface area contributed by atoms with Crippen LogP contribution in [0.15, 0.2) is 0 Å². The molecule has 0 aromatic carbocycles. The molecule has 3 rings (SSSR count). The molecule has 0 aromatic rings. The number of nitrogens with zero attached hydrogens (tertiary/aromatic N) is 3. The third-order valence-corrected chi connectivity index (χ3v) is 6.53. The molecule has 2 bridgehead atoms. The lowest BCUT2D eigenvalue weighted by Gasteiger charge is -2.52. The molecule has 0 aromatic heterocycles. The van der Waals surface area contributed by atoms with E-state index >= 15 is 0 Å². The quantitative estimate of drug-likeness (QED) is 0.839. The number of hydrogen-bond donors (Lipinski definition) is 1. The Kier molecular flexibility index (Phi) is 4.26. The van der Waals surface area contributed by atoms with Gasteiger partial charge < -0.3 is 9.47 Å². The Hall–Kier alpha value is -2.10.